The van der Waals surface area contributed by atoms with Crippen LogP contribution < -0.4 is 4.90 Å². The molecule has 0 radical (unpaired) electrons. The molecule has 0 unspecified atom stereocenters. The van der Waals surface area contributed by atoms with Crippen LogP contribution in [0.3, 0.4) is 0 Å². The molecule has 0 saturated heterocycles. The summed E-state index contributed by atoms with van der Waals surface area (Å²) in [7, 11) is 1.97. The largest absolute Gasteiger partial charge is 0.367 e. The van der Waals surface area contributed by atoms with Gasteiger partial charge in [0.15, 0.2) is 5.78 Å². The van der Waals surface area contributed by atoms with Crippen molar-refractivity contribution in [2.75, 3.05) is 11.9 Å². The van der Waals surface area contributed by atoms with Gasteiger partial charge in [0.1, 0.15) is 5.69 Å². The SMILES string of the molecule is CC(=O)c1ccc(N(C)Cc2ccccn2)cn1. The van der Waals surface area contributed by atoms with Gasteiger partial charge in [0.2, 0.25) is 0 Å². The molecule has 2 aromatic heterocycles. The van der Waals surface area contributed by atoms with Crippen molar-refractivity contribution < 1.29 is 4.79 Å². The highest BCUT2D eigenvalue weighted by Crippen LogP contribution is 2.13. The lowest BCUT2D eigenvalue weighted by Crippen LogP contribution is -2.17. The number of rotatable bonds is 4. The Morgan fingerprint density at radius 2 is 2.06 bits per heavy atom. The molecule has 0 saturated carbocycles. The number of nitrogens with zero attached hydrogens (tertiary/aromatic N) is 3. The summed E-state index contributed by atoms with van der Waals surface area (Å²) < 4.78 is 0. The Balaban J connectivity index is 2.09. The van der Waals surface area contributed by atoms with Crippen LogP contribution in [0.15, 0.2) is 42.7 Å². The fourth-order valence-corrected chi connectivity index (χ4v) is 1.65. The van der Waals surface area contributed by atoms with E-state index in [1.165, 1.54) is 6.92 Å². The Bertz CT molecular complexity index is 522. The van der Waals surface area contributed by atoms with E-state index in [-0.39, 0.29) is 5.78 Å². The minimum Gasteiger partial charge on any atom is -0.367 e. The predicted octanol–water partition coefficient (Wildman–Crippen LogP) is 2.32. The van der Waals surface area contributed by atoms with Gasteiger partial charge in [-0.2, -0.15) is 0 Å². The summed E-state index contributed by atoms with van der Waals surface area (Å²) >= 11 is 0. The minimum atomic E-state index is -0.0195. The number of carbonyl (C=O) groups excluding carboxylic acids is 1. The number of hydrogen-bond donors (Lipinski definition) is 0. The molecule has 0 aromatic carbocycles. The average molecular weight is 241 g/mol. The van der Waals surface area contributed by atoms with Crippen LogP contribution in [0.4, 0.5) is 5.69 Å². The van der Waals surface area contributed by atoms with Crippen LogP contribution in [-0.2, 0) is 6.54 Å². The first-order chi connectivity index (χ1) is 8.66. The molecule has 2 aromatic rings. The van der Waals surface area contributed by atoms with Crippen LogP contribution in [0.5, 0.6) is 0 Å². The third-order valence-corrected chi connectivity index (χ3v) is 2.67. The van der Waals surface area contributed by atoms with E-state index in [0.29, 0.717) is 12.2 Å². The Hall–Kier alpha value is -2.23. The molecule has 0 spiro atoms. The molecule has 0 fully saturated rings. The van der Waals surface area contributed by atoms with Crippen LogP contribution in [-0.4, -0.2) is 22.8 Å². The summed E-state index contributed by atoms with van der Waals surface area (Å²) in [6.07, 6.45) is 3.49. The summed E-state index contributed by atoms with van der Waals surface area (Å²) in [5, 5.41) is 0. The highest BCUT2D eigenvalue weighted by molar-refractivity contribution is 5.92. The molecule has 0 aliphatic carbocycles. The lowest BCUT2D eigenvalue weighted by atomic mass is 10.2. The number of carbonyl (C=O) groups is 1. The maximum absolute atomic E-state index is 11.1. The quantitative estimate of drug-likeness (QED) is 0.771. The van der Waals surface area contributed by atoms with E-state index in [1.54, 1.807) is 18.5 Å². The van der Waals surface area contributed by atoms with E-state index in [4.69, 9.17) is 0 Å². The fourth-order valence-electron chi connectivity index (χ4n) is 1.65. The summed E-state index contributed by atoms with van der Waals surface area (Å²) in [5.74, 6) is -0.0195. The molecular formula is C14H15N3O. The van der Waals surface area contributed by atoms with E-state index in [2.05, 4.69) is 9.97 Å². The van der Waals surface area contributed by atoms with E-state index in [9.17, 15) is 4.79 Å². The summed E-state index contributed by atoms with van der Waals surface area (Å²) in [4.78, 5) is 21.6. The highest BCUT2D eigenvalue weighted by atomic mass is 16.1. The number of hydrogen-bond acceptors (Lipinski definition) is 4. The zero-order valence-corrected chi connectivity index (χ0v) is 10.5. The van der Waals surface area contributed by atoms with Gasteiger partial charge in [-0.25, -0.2) is 0 Å². The third-order valence-electron chi connectivity index (χ3n) is 2.67. The maximum atomic E-state index is 11.1. The normalized spacial score (nSPS) is 10.1. The molecule has 2 heterocycles. The fraction of sp³-hybridized carbons (Fsp3) is 0.214. The van der Waals surface area contributed by atoms with Crippen molar-refractivity contribution in [3.05, 3.63) is 54.1 Å². The summed E-state index contributed by atoms with van der Waals surface area (Å²) in [6, 6.07) is 9.48. The molecule has 0 bridgehead atoms. The Kier molecular flexibility index (Phi) is 3.67. The van der Waals surface area contributed by atoms with Crippen LogP contribution in [0.2, 0.25) is 0 Å². The summed E-state index contributed by atoms with van der Waals surface area (Å²) in [6.45, 7) is 2.22. The summed E-state index contributed by atoms with van der Waals surface area (Å²) in [5.41, 5.74) is 2.45. The van der Waals surface area contributed by atoms with Gasteiger partial charge in [-0.05, 0) is 24.3 Å². The maximum Gasteiger partial charge on any atom is 0.178 e. The molecule has 92 valence electrons. The zero-order chi connectivity index (χ0) is 13.0. The minimum absolute atomic E-state index is 0.0195. The lowest BCUT2D eigenvalue weighted by Gasteiger charge is -2.18. The molecule has 4 nitrogen and oxygen atoms in total. The van der Waals surface area contributed by atoms with E-state index >= 15 is 0 Å². The van der Waals surface area contributed by atoms with Crippen molar-refractivity contribution in [1.82, 2.24) is 9.97 Å². The van der Waals surface area contributed by atoms with Crippen molar-refractivity contribution in [2.45, 2.75) is 13.5 Å². The average Bonchev–Trinajstić information content (AvgIpc) is 2.40. The molecule has 0 atom stereocenters. The first-order valence-corrected chi connectivity index (χ1v) is 5.75. The van der Waals surface area contributed by atoms with Crippen LogP contribution >= 0.6 is 0 Å². The van der Waals surface area contributed by atoms with E-state index in [0.717, 1.165) is 11.4 Å². The molecule has 0 N–H and O–H groups in total. The van der Waals surface area contributed by atoms with Crippen molar-refractivity contribution in [1.29, 1.82) is 0 Å². The van der Waals surface area contributed by atoms with Crippen LogP contribution in [0.25, 0.3) is 0 Å². The second-order valence-corrected chi connectivity index (χ2v) is 4.13. The zero-order valence-electron chi connectivity index (χ0n) is 10.5. The topological polar surface area (TPSA) is 46.1 Å². The lowest BCUT2D eigenvalue weighted by molar-refractivity contribution is 0.101. The van der Waals surface area contributed by atoms with Gasteiger partial charge in [-0.3, -0.25) is 14.8 Å². The molecule has 18 heavy (non-hydrogen) atoms. The van der Waals surface area contributed by atoms with E-state index < -0.39 is 0 Å². The molecular weight excluding hydrogens is 226 g/mol. The smallest absolute Gasteiger partial charge is 0.178 e. The van der Waals surface area contributed by atoms with Crippen molar-refractivity contribution >= 4 is 11.5 Å². The van der Waals surface area contributed by atoms with E-state index in [1.807, 2.05) is 36.2 Å². The predicted molar refractivity (Wildman–Crippen MR) is 70.6 cm³/mol. The second kappa shape index (κ2) is 5.40. The molecule has 0 amide bonds. The Labute approximate surface area is 106 Å². The van der Waals surface area contributed by atoms with Gasteiger partial charge in [-0.1, -0.05) is 6.07 Å². The molecule has 0 aliphatic heterocycles. The Morgan fingerprint density at radius 1 is 1.22 bits per heavy atom. The number of ketones is 1. The first-order valence-electron chi connectivity index (χ1n) is 5.75. The van der Waals surface area contributed by atoms with Gasteiger partial charge in [-0.15, -0.1) is 0 Å². The molecule has 0 aliphatic rings. The first kappa shape index (κ1) is 12.2. The van der Waals surface area contributed by atoms with Gasteiger partial charge in [0, 0.05) is 20.2 Å². The third kappa shape index (κ3) is 2.91. The van der Waals surface area contributed by atoms with Crippen molar-refractivity contribution in [3.63, 3.8) is 0 Å². The number of pyridine rings is 2. The number of aromatic nitrogens is 2. The highest BCUT2D eigenvalue weighted by Gasteiger charge is 2.05. The van der Waals surface area contributed by atoms with Gasteiger partial charge in [0.05, 0.1) is 24.1 Å². The molecule has 4 heteroatoms. The van der Waals surface area contributed by atoms with Gasteiger partial charge < -0.3 is 4.90 Å². The van der Waals surface area contributed by atoms with Gasteiger partial charge in [0.25, 0.3) is 0 Å². The molecule has 2 rings (SSSR count). The number of Topliss-reactive ketones (excluding diaryl/α,β-unsaturated/α-hetero) is 1. The van der Waals surface area contributed by atoms with Crippen molar-refractivity contribution in [3.8, 4) is 0 Å². The van der Waals surface area contributed by atoms with Crippen molar-refractivity contribution in [2.24, 2.45) is 0 Å². The monoisotopic (exact) mass is 241 g/mol. The number of anilines is 1. The second-order valence-electron chi connectivity index (χ2n) is 4.13. The van der Waals surface area contributed by atoms with Gasteiger partial charge >= 0.3 is 0 Å². The van der Waals surface area contributed by atoms with Crippen LogP contribution in [0.1, 0.15) is 23.1 Å². The Morgan fingerprint density at radius 3 is 2.61 bits per heavy atom. The standard InChI is InChI=1S/C14H15N3O/c1-11(18)14-7-6-13(9-16-14)17(2)10-12-5-3-4-8-15-12/h3-9H,10H2,1-2H3. The van der Waals surface area contributed by atoms with Crippen LogP contribution in [0, 0.1) is 0 Å².